The molecule has 2 nitrogen and oxygen atoms in total. The van der Waals surface area contributed by atoms with Crippen LogP contribution in [0.2, 0.25) is 0 Å². The van der Waals surface area contributed by atoms with Gasteiger partial charge < -0.3 is 10.1 Å². The summed E-state index contributed by atoms with van der Waals surface area (Å²) in [5.41, 5.74) is 2.51. The van der Waals surface area contributed by atoms with Gasteiger partial charge in [0.2, 0.25) is 0 Å². The quantitative estimate of drug-likeness (QED) is 0.742. The van der Waals surface area contributed by atoms with E-state index in [9.17, 15) is 0 Å². The average molecular weight is 175 g/mol. The topological polar surface area (TPSA) is 21.3 Å². The number of hydrogen-bond donors (Lipinski definition) is 1. The van der Waals surface area contributed by atoms with Crippen LogP contribution in [0.3, 0.4) is 0 Å². The molecule has 1 heterocycles. The van der Waals surface area contributed by atoms with Crippen LogP contribution in [0.1, 0.15) is 12.0 Å². The molecular formula is C11H13NO. The van der Waals surface area contributed by atoms with Crippen LogP contribution in [0, 0.1) is 0 Å². The van der Waals surface area contributed by atoms with Gasteiger partial charge in [0.25, 0.3) is 0 Å². The number of ether oxygens (including phenoxy) is 1. The van der Waals surface area contributed by atoms with E-state index < -0.39 is 0 Å². The standard InChI is InChI=1S/C11H13NO/c1-13-11-4-2-3-9(8-11)7-10-5-6-12-10/h2-4,7-8,12H,5-6H2,1H3. The third-order valence-corrected chi connectivity index (χ3v) is 2.18. The van der Waals surface area contributed by atoms with Crippen molar-refractivity contribution in [1.82, 2.24) is 5.32 Å². The molecule has 1 aliphatic rings. The van der Waals surface area contributed by atoms with Crippen molar-refractivity contribution in [3.63, 3.8) is 0 Å². The Morgan fingerprint density at radius 2 is 2.31 bits per heavy atom. The summed E-state index contributed by atoms with van der Waals surface area (Å²) in [5.74, 6) is 0.911. The van der Waals surface area contributed by atoms with E-state index in [2.05, 4.69) is 17.5 Å². The minimum Gasteiger partial charge on any atom is -0.497 e. The molecule has 0 aliphatic carbocycles. The average Bonchev–Trinajstić information content (AvgIpc) is 2.12. The molecule has 0 atom stereocenters. The number of methoxy groups -OCH3 is 1. The van der Waals surface area contributed by atoms with Gasteiger partial charge in [0.05, 0.1) is 7.11 Å². The summed E-state index contributed by atoms with van der Waals surface area (Å²) in [6.45, 7) is 1.11. The summed E-state index contributed by atoms with van der Waals surface area (Å²) in [5, 5.41) is 3.25. The molecule has 13 heavy (non-hydrogen) atoms. The van der Waals surface area contributed by atoms with Crippen LogP contribution in [0.5, 0.6) is 5.75 Å². The fourth-order valence-corrected chi connectivity index (χ4v) is 1.33. The van der Waals surface area contributed by atoms with Gasteiger partial charge in [0.1, 0.15) is 5.75 Å². The molecule has 0 bridgehead atoms. The molecule has 0 radical (unpaired) electrons. The van der Waals surface area contributed by atoms with Crippen molar-refractivity contribution in [3.8, 4) is 5.75 Å². The summed E-state index contributed by atoms with van der Waals surface area (Å²) in [4.78, 5) is 0. The van der Waals surface area contributed by atoms with Crippen molar-refractivity contribution in [2.75, 3.05) is 13.7 Å². The summed E-state index contributed by atoms with van der Waals surface area (Å²) in [6.07, 6.45) is 3.32. The smallest absolute Gasteiger partial charge is 0.119 e. The van der Waals surface area contributed by atoms with E-state index in [1.165, 1.54) is 11.3 Å². The highest BCUT2D eigenvalue weighted by Crippen LogP contribution is 2.17. The van der Waals surface area contributed by atoms with E-state index in [1.54, 1.807) is 7.11 Å². The van der Waals surface area contributed by atoms with E-state index in [4.69, 9.17) is 4.74 Å². The highest BCUT2D eigenvalue weighted by Gasteiger charge is 2.05. The molecule has 2 heteroatoms. The second kappa shape index (κ2) is 3.52. The van der Waals surface area contributed by atoms with Crippen molar-refractivity contribution in [3.05, 3.63) is 35.5 Å². The first-order valence-corrected chi connectivity index (χ1v) is 4.47. The number of rotatable bonds is 2. The normalized spacial score (nSPS) is 17.8. The molecule has 0 unspecified atom stereocenters. The minimum atomic E-state index is 0.911. The number of benzene rings is 1. The second-order valence-electron chi connectivity index (χ2n) is 3.12. The molecule has 1 saturated heterocycles. The summed E-state index contributed by atoms with van der Waals surface area (Å²) >= 11 is 0. The van der Waals surface area contributed by atoms with E-state index in [-0.39, 0.29) is 0 Å². The Bertz CT molecular complexity index is 325. The second-order valence-corrected chi connectivity index (χ2v) is 3.12. The van der Waals surface area contributed by atoms with Crippen molar-refractivity contribution < 1.29 is 4.74 Å². The Kier molecular flexibility index (Phi) is 2.21. The minimum absolute atomic E-state index is 0.911. The van der Waals surface area contributed by atoms with Gasteiger partial charge in [-0.3, -0.25) is 0 Å². The lowest BCUT2D eigenvalue weighted by Crippen LogP contribution is -2.27. The van der Waals surface area contributed by atoms with Crippen LogP contribution < -0.4 is 10.1 Å². The van der Waals surface area contributed by atoms with Crippen molar-refractivity contribution >= 4 is 6.08 Å². The lowest BCUT2D eigenvalue weighted by atomic mass is 10.1. The first-order chi connectivity index (χ1) is 6.38. The van der Waals surface area contributed by atoms with Crippen molar-refractivity contribution in [1.29, 1.82) is 0 Å². The molecule has 1 aromatic rings. The van der Waals surface area contributed by atoms with Crippen LogP contribution >= 0.6 is 0 Å². The molecule has 1 aromatic carbocycles. The number of nitrogens with one attached hydrogen (secondary N) is 1. The summed E-state index contributed by atoms with van der Waals surface area (Å²) in [6, 6.07) is 8.07. The van der Waals surface area contributed by atoms with Crippen LogP contribution in [-0.4, -0.2) is 13.7 Å². The highest BCUT2D eigenvalue weighted by molar-refractivity contribution is 5.55. The monoisotopic (exact) mass is 175 g/mol. The van der Waals surface area contributed by atoms with E-state index in [0.717, 1.165) is 18.7 Å². The van der Waals surface area contributed by atoms with Gasteiger partial charge in [-0.2, -0.15) is 0 Å². The van der Waals surface area contributed by atoms with Crippen LogP contribution in [0.4, 0.5) is 0 Å². The molecule has 0 saturated carbocycles. The SMILES string of the molecule is COc1cccc(C=C2CCN2)c1. The van der Waals surface area contributed by atoms with Crippen molar-refractivity contribution in [2.24, 2.45) is 0 Å². The van der Waals surface area contributed by atoms with Gasteiger partial charge in [-0.15, -0.1) is 0 Å². The number of hydrogen-bond acceptors (Lipinski definition) is 2. The Morgan fingerprint density at radius 1 is 1.46 bits per heavy atom. The molecule has 0 spiro atoms. The molecule has 1 N–H and O–H groups in total. The van der Waals surface area contributed by atoms with E-state index in [0.29, 0.717) is 0 Å². The van der Waals surface area contributed by atoms with Gasteiger partial charge in [-0.05, 0) is 23.8 Å². The zero-order valence-corrected chi connectivity index (χ0v) is 7.71. The maximum Gasteiger partial charge on any atom is 0.119 e. The molecule has 1 fully saturated rings. The molecule has 1 aliphatic heterocycles. The van der Waals surface area contributed by atoms with Gasteiger partial charge >= 0.3 is 0 Å². The maximum atomic E-state index is 5.14. The summed E-state index contributed by atoms with van der Waals surface area (Å²) < 4.78 is 5.14. The third kappa shape index (κ3) is 1.83. The van der Waals surface area contributed by atoms with E-state index >= 15 is 0 Å². The zero-order valence-electron chi connectivity index (χ0n) is 7.71. The summed E-state index contributed by atoms with van der Waals surface area (Å²) in [7, 11) is 1.69. The lowest BCUT2D eigenvalue weighted by molar-refractivity contribution is 0.414. The van der Waals surface area contributed by atoms with Crippen molar-refractivity contribution in [2.45, 2.75) is 6.42 Å². The Balaban J connectivity index is 2.19. The first kappa shape index (κ1) is 8.17. The van der Waals surface area contributed by atoms with Gasteiger partial charge in [0, 0.05) is 18.7 Å². The van der Waals surface area contributed by atoms with E-state index in [1.807, 2.05) is 18.2 Å². The Morgan fingerprint density at radius 3 is 2.92 bits per heavy atom. The van der Waals surface area contributed by atoms with Crippen LogP contribution in [-0.2, 0) is 0 Å². The lowest BCUT2D eigenvalue weighted by Gasteiger charge is -2.19. The molecule has 68 valence electrons. The molecule has 0 amide bonds. The fraction of sp³-hybridized carbons (Fsp3) is 0.273. The predicted molar refractivity (Wildman–Crippen MR) is 53.6 cm³/mol. The van der Waals surface area contributed by atoms with Gasteiger partial charge in [0.15, 0.2) is 0 Å². The van der Waals surface area contributed by atoms with Gasteiger partial charge in [-0.1, -0.05) is 12.1 Å². The van der Waals surface area contributed by atoms with Crippen LogP contribution in [0.15, 0.2) is 30.0 Å². The zero-order chi connectivity index (χ0) is 9.10. The third-order valence-electron chi connectivity index (χ3n) is 2.18. The predicted octanol–water partition coefficient (Wildman–Crippen LogP) is 2.03. The van der Waals surface area contributed by atoms with Gasteiger partial charge in [-0.25, -0.2) is 0 Å². The largest absolute Gasteiger partial charge is 0.497 e. The molecular weight excluding hydrogens is 162 g/mol. The van der Waals surface area contributed by atoms with Crippen LogP contribution in [0.25, 0.3) is 6.08 Å². The maximum absolute atomic E-state index is 5.14. The fourth-order valence-electron chi connectivity index (χ4n) is 1.33. The Labute approximate surface area is 78.2 Å². The molecule has 2 rings (SSSR count). The first-order valence-electron chi connectivity index (χ1n) is 4.47. The highest BCUT2D eigenvalue weighted by atomic mass is 16.5. The Hall–Kier alpha value is -1.44. The molecule has 0 aromatic heterocycles.